The third kappa shape index (κ3) is 3.06. The monoisotopic (exact) mass is 300 g/mol. The molecule has 1 heterocycles. The number of amides is 1. The van der Waals surface area contributed by atoms with Crippen LogP contribution >= 0.6 is 11.6 Å². The largest absolute Gasteiger partial charge is 0.394 e. The normalized spacial score (nSPS) is 18.9. The number of carbonyl (C=O) groups is 1. The molecule has 0 aliphatic carbocycles. The van der Waals surface area contributed by atoms with Crippen molar-refractivity contribution in [2.24, 2.45) is 0 Å². The van der Waals surface area contributed by atoms with Gasteiger partial charge in [-0.05, 0) is 12.1 Å². The number of aliphatic hydroxyl groups excluding tert-OH is 1. The minimum atomic E-state index is -0.636. The first-order valence-electron chi connectivity index (χ1n) is 5.98. The molecule has 1 aliphatic heterocycles. The predicted molar refractivity (Wildman–Crippen MR) is 70.8 cm³/mol. The fourth-order valence-corrected chi connectivity index (χ4v) is 2.19. The molecule has 7 nitrogen and oxygen atoms in total. The number of hydrogen-bond acceptors (Lipinski definition) is 5. The van der Waals surface area contributed by atoms with E-state index in [-0.39, 0.29) is 29.4 Å². The molecule has 2 rings (SSSR count). The van der Waals surface area contributed by atoms with E-state index in [1.165, 1.54) is 17.0 Å². The maximum absolute atomic E-state index is 12.3. The Morgan fingerprint density at radius 1 is 1.60 bits per heavy atom. The van der Waals surface area contributed by atoms with Gasteiger partial charge in [0, 0.05) is 24.2 Å². The highest BCUT2D eigenvalue weighted by Crippen LogP contribution is 2.25. The molecule has 1 atom stereocenters. The van der Waals surface area contributed by atoms with Crippen molar-refractivity contribution in [1.29, 1.82) is 0 Å². The van der Waals surface area contributed by atoms with Crippen molar-refractivity contribution in [3.05, 3.63) is 38.9 Å². The van der Waals surface area contributed by atoms with Crippen LogP contribution in [0.4, 0.5) is 5.69 Å². The molecule has 0 bridgehead atoms. The number of nitro groups is 1. The van der Waals surface area contributed by atoms with Crippen LogP contribution in [0.3, 0.4) is 0 Å². The second-order valence-electron chi connectivity index (χ2n) is 4.35. The summed E-state index contributed by atoms with van der Waals surface area (Å²) in [7, 11) is 0. The van der Waals surface area contributed by atoms with E-state index < -0.39 is 16.9 Å². The number of benzene rings is 1. The molecule has 1 N–H and O–H groups in total. The van der Waals surface area contributed by atoms with Crippen molar-refractivity contribution in [1.82, 2.24) is 4.90 Å². The summed E-state index contributed by atoms with van der Waals surface area (Å²) in [6.07, 6.45) is -0.459. The van der Waals surface area contributed by atoms with Gasteiger partial charge in [0.15, 0.2) is 0 Å². The number of hydrogen-bond donors (Lipinski definition) is 1. The van der Waals surface area contributed by atoms with Crippen LogP contribution in [0.2, 0.25) is 5.02 Å². The van der Waals surface area contributed by atoms with Gasteiger partial charge in [-0.3, -0.25) is 14.9 Å². The Morgan fingerprint density at radius 3 is 3.00 bits per heavy atom. The fourth-order valence-electron chi connectivity index (χ4n) is 2.02. The van der Waals surface area contributed by atoms with Gasteiger partial charge in [0.25, 0.3) is 11.6 Å². The molecule has 1 saturated heterocycles. The average Bonchev–Trinajstić information content (AvgIpc) is 2.46. The quantitative estimate of drug-likeness (QED) is 0.666. The van der Waals surface area contributed by atoms with Crippen LogP contribution < -0.4 is 0 Å². The number of aliphatic hydroxyl groups is 1. The molecular formula is C12H13ClN2O5. The van der Waals surface area contributed by atoms with Crippen LogP contribution in [-0.4, -0.2) is 53.2 Å². The highest BCUT2D eigenvalue weighted by Gasteiger charge is 2.29. The molecule has 0 saturated carbocycles. The van der Waals surface area contributed by atoms with Crippen LogP contribution in [0.1, 0.15) is 10.4 Å². The second-order valence-corrected chi connectivity index (χ2v) is 4.78. The summed E-state index contributed by atoms with van der Waals surface area (Å²) in [6.45, 7) is 0.620. The van der Waals surface area contributed by atoms with Gasteiger partial charge in [0.2, 0.25) is 0 Å². The van der Waals surface area contributed by atoms with Crippen molar-refractivity contribution in [2.45, 2.75) is 6.10 Å². The number of halogens is 1. The van der Waals surface area contributed by atoms with Crippen LogP contribution in [0, 0.1) is 10.1 Å². The van der Waals surface area contributed by atoms with E-state index in [0.29, 0.717) is 13.2 Å². The third-order valence-electron chi connectivity index (χ3n) is 3.02. The molecule has 0 spiro atoms. The van der Waals surface area contributed by atoms with Crippen molar-refractivity contribution in [3.8, 4) is 0 Å². The fraction of sp³-hybridized carbons (Fsp3) is 0.417. The molecule has 1 amide bonds. The van der Waals surface area contributed by atoms with Crippen molar-refractivity contribution >= 4 is 23.2 Å². The van der Waals surface area contributed by atoms with E-state index in [2.05, 4.69) is 0 Å². The lowest BCUT2D eigenvalue weighted by Gasteiger charge is -2.32. The zero-order valence-corrected chi connectivity index (χ0v) is 11.2. The van der Waals surface area contributed by atoms with Gasteiger partial charge in [0.1, 0.15) is 5.56 Å². The lowest BCUT2D eigenvalue weighted by atomic mass is 10.1. The first kappa shape index (κ1) is 14.7. The zero-order chi connectivity index (χ0) is 14.7. The molecule has 1 aromatic carbocycles. The first-order chi connectivity index (χ1) is 9.52. The molecule has 0 radical (unpaired) electrons. The summed E-state index contributed by atoms with van der Waals surface area (Å²) in [6, 6.07) is 3.93. The minimum absolute atomic E-state index is 0.0158. The summed E-state index contributed by atoms with van der Waals surface area (Å²) in [5.74, 6) is -0.463. The summed E-state index contributed by atoms with van der Waals surface area (Å²) < 4.78 is 5.24. The van der Waals surface area contributed by atoms with Crippen LogP contribution in [0.5, 0.6) is 0 Å². The molecule has 0 aromatic heterocycles. The Hall–Kier alpha value is -1.70. The highest BCUT2D eigenvalue weighted by molar-refractivity contribution is 6.31. The number of carbonyl (C=O) groups excluding carboxylic acids is 1. The van der Waals surface area contributed by atoms with Crippen LogP contribution in [0.25, 0.3) is 0 Å². The summed E-state index contributed by atoms with van der Waals surface area (Å²) in [4.78, 5) is 24.1. The molecule has 20 heavy (non-hydrogen) atoms. The Morgan fingerprint density at radius 2 is 2.35 bits per heavy atom. The van der Waals surface area contributed by atoms with E-state index in [1.54, 1.807) is 0 Å². The van der Waals surface area contributed by atoms with Crippen LogP contribution in [-0.2, 0) is 4.74 Å². The van der Waals surface area contributed by atoms with E-state index in [9.17, 15) is 14.9 Å². The molecule has 108 valence electrons. The molecule has 1 unspecified atom stereocenters. The predicted octanol–water partition coefficient (Wildman–Crippen LogP) is 1.08. The third-order valence-corrected chi connectivity index (χ3v) is 3.25. The topological polar surface area (TPSA) is 92.9 Å². The maximum Gasteiger partial charge on any atom is 0.283 e. The molecule has 1 fully saturated rings. The second kappa shape index (κ2) is 6.17. The van der Waals surface area contributed by atoms with Crippen molar-refractivity contribution < 1.29 is 19.6 Å². The lowest BCUT2D eigenvalue weighted by Crippen LogP contribution is -2.47. The van der Waals surface area contributed by atoms with E-state index in [1.807, 2.05) is 0 Å². The van der Waals surface area contributed by atoms with Gasteiger partial charge in [-0.2, -0.15) is 0 Å². The van der Waals surface area contributed by atoms with E-state index in [0.717, 1.165) is 6.07 Å². The highest BCUT2D eigenvalue weighted by atomic mass is 35.5. The van der Waals surface area contributed by atoms with E-state index in [4.69, 9.17) is 21.4 Å². The average molecular weight is 301 g/mol. The first-order valence-corrected chi connectivity index (χ1v) is 6.36. The Bertz CT molecular complexity index is 537. The Kier molecular flexibility index (Phi) is 4.53. The zero-order valence-electron chi connectivity index (χ0n) is 10.5. The summed E-state index contributed by atoms with van der Waals surface area (Å²) in [5, 5.41) is 20.2. The number of nitrogens with zero attached hydrogens (tertiary/aromatic N) is 2. The van der Waals surface area contributed by atoms with Gasteiger partial charge >= 0.3 is 0 Å². The maximum atomic E-state index is 12.3. The number of ether oxygens (including phenoxy) is 1. The number of nitro benzene ring substituents is 1. The molecule has 8 heteroatoms. The Balaban J connectivity index is 2.27. The smallest absolute Gasteiger partial charge is 0.283 e. The molecule has 1 aromatic rings. The Labute approximate surface area is 119 Å². The van der Waals surface area contributed by atoms with Gasteiger partial charge in [-0.15, -0.1) is 0 Å². The van der Waals surface area contributed by atoms with Crippen LogP contribution in [0.15, 0.2) is 18.2 Å². The lowest BCUT2D eigenvalue weighted by molar-refractivity contribution is -0.385. The standard InChI is InChI=1S/C12H13ClN2O5/c13-8-1-2-10(11(5-8)15(18)19)12(17)14-3-4-20-9(6-14)7-16/h1-2,5,9,16H,3-4,6-7H2. The van der Waals surface area contributed by atoms with Gasteiger partial charge in [0.05, 0.1) is 24.2 Å². The van der Waals surface area contributed by atoms with Crippen molar-refractivity contribution in [2.75, 3.05) is 26.3 Å². The van der Waals surface area contributed by atoms with Gasteiger partial charge in [-0.25, -0.2) is 0 Å². The number of rotatable bonds is 3. The minimum Gasteiger partial charge on any atom is -0.394 e. The summed E-state index contributed by atoms with van der Waals surface area (Å²) in [5.41, 5.74) is -0.340. The van der Waals surface area contributed by atoms with Gasteiger partial charge < -0.3 is 14.7 Å². The molecular weight excluding hydrogens is 288 g/mol. The molecule has 1 aliphatic rings. The van der Waals surface area contributed by atoms with Crippen molar-refractivity contribution in [3.63, 3.8) is 0 Å². The summed E-state index contributed by atoms with van der Waals surface area (Å²) >= 11 is 5.71. The SMILES string of the molecule is O=C(c1ccc(Cl)cc1[N+](=O)[O-])N1CCOC(CO)C1. The number of morpholine rings is 1. The van der Waals surface area contributed by atoms with Gasteiger partial charge in [-0.1, -0.05) is 11.6 Å². The van der Waals surface area contributed by atoms with E-state index >= 15 is 0 Å².